The summed E-state index contributed by atoms with van der Waals surface area (Å²) in [5, 5.41) is 0.522. The molecule has 2 fully saturated rings. The van der Waals surface area contributed by atoms with Crippen molar-refractivity contribution in [1.82, 2.24) is 4.90 Å². The number of halogens is 1. The number of piperidine rings is 1. The van der Waals surface area contributed by atoms with E-state index in [0.717, 1.165) is 18.4 Å². The van der Waals surface area contributed by atoms with Crippen LogP contribution < -0.4 is 0 Å². The van der Waals surface area contributed by atoms with Crippen molar-refractivity contribution in [3.63, 3.8) is 0 Å². The van der Waals surface area contributed by atoms with Gasteiger partial charge in [0.2, 0.25) is 0 Å². The third-order valence-electron chi connectivity index (χ3n) is 9.27. The zero-order valence-electron chi connectivity index (χ0n) is 34.0. The molecule has 2 aliphatic heterocycles. The van der Waals surface area contributed by atoms with E-state index in [9.17, 15) is 24.0 Å². The van der Waals surface area contributed by atoms with Crippen LogP contribution in [0.1, 0.15) is 134 Å². The topological polar surface area (TPSA) is 135 Å². The van der Waals surface area contributed by atoms with Gasteiger partial charge in [-0.2, -0.15) is 0 Å². The second-order valence-electron chi connectivity index (χ2n) is 18.5. The number of benzene rings is 1. The molecule has 0 bridgehead atoms. The second-order valence-corrected chi connectivity index (χ2v) is 19.0. The van der Waals surface area contributed by atoms with Crippen LogP contribution >= 0.6 is 11.6 Å². The number of ether oxygens (including phenoxy) is 5. The minimum atomic E-state index is -1.40. The van der Waals surface area contributed by atoms with Gasteiger partial charge in [-0.1, -0.05) is 43.5 Å². The molecule has 3 rings (SSSR count). The first kappa shape index (κ1) is 44.4. The summed E-state index contributed by atoms with van der Waals surface area (Å²) in [6.07, 6.45) is -3.80. The Morgan fingerprint density at radius 2 is 1.19 bits per heavy atom. The summed E-state index contributed by atoms with van der Waals surface area (Å²) in [7, 11) is 0. The third-order valence-corrected chi connectivity index (χ3v) is 9.52. The zero-order chi connectivity index (χ0) is 40.3. The number of carbonyl (C=O) groups excluding carboxylic acids is 5. The number of ketones is 1. The number of nitrogens with zero attached hydrogens (tertiary/aromatic N) is 1. The number of carbonyl (C=O) groups is 5. The highest BCUT2D eigenvalue weighted by atomic mass is 35.5. The molecule has 2 heterocycles. The molecular formula is C41H62ClNO10. The fraction of sp³-hybridized carbons (Fsp3) is 0.732. The Bertz CT molecular complexity index is 1460. The Hall–Kier alpha value is -3.02. The summed E-state index contributed by atoms with van der Waals surface area (Å²) in [6, 6.07) is 6.27. The molecule has 0 saturated carbocycles. The average molecular weight is 764 g/mol. The van der Waals surface area contributed by atoms with Crippen molar-refractivity contribution < 1.29 is 47.7 Å². The molecule has 11 nitrogen and oxygen atoms in total. The molecule has 0 aliphatic carbocycles. The number of rotatable bonds is 10. The minimum Gasteiger partial charge on any atom is -0.462 e. The summed E-state index contributed by atoms with van der Waals surface area (Å²) >= 11 is 6.30. The molecule has 1 aromatic carbocycles. The van der Waals surface area contributed by atoms with Gasteiger partial charge in [-0.3, -0.25) is 28.9 Å². The Morgan fingerprint density at radius 1 is 0.717 bits per heavy atom. The number of likely N-dealkylation sites (tertiary alicyclic amines) is 1. The van der Waals surface area contributed by atoms with Gasteiger partial charge in [-0.25, -0.2) is 0 Å². The number of esters is 4. The Morgan fingerprint density at radius 3 is 1.66 bits per heavy atom. The highest BCUT2D eigenvalue weighted by molar-refractivity contribution is 6.30. The van der Waals surface area contributed by atoms with Gasteiger partial charge in [-0.15, -0.1) is 0 Å². The van der Waals surface area contributed by atoms with Gasteiger partial charge in [0.1, 0.15) is 18.5 Å². The Balaban J connectivity index is 2.36. The standard InChI is InChI=1S/C41H62ClNO10/c1-14-15-16-26-21-27(44)22-28(24-17-19-25(42)20-18-24)43(26)33-32(53-37(48)41(11,12)13)31(52-36(47)40(8,9)10)30(51-35(46)39(5,6)7)29(50-33)23-49-34(45)38(2,3)4/h17-20,26,28-33H,14-16,21-23H2,1-13H3/t26-,28+,29+,30+,31+,32+,33-/m1/s1. The molecule has 12 heteroatoms. The molecule has 7 atom stereocenters. The summed E-state index contributed by atoms with van der Waals surface area (Å²) in [6.45, 7) is 22.1. The lowest BCUT2D eigenvalue weighted by molar-refractivity contribution is -0.294. The third kappa shape index (κ3) is 11.7. The normalized spacial score (nSPS) is 26.1. The van der Waals surface area contributed by atoms with E-state index in [4.69, 9.17) is 35.3 Å². The number of unbranched alkanes of at least 4 members (excludes halogenated alkanes) is 1. The number of hydrogen-bond acceptors (Lipinski definition) is 11. The van der Waals surface area contributed by atoms with Crippen LogP contribution in [-0.4, -0.2) is 77.9 Å². The van der Waals surface area contributed by atoms with Gasteiger partial charge >= 0.3 is 23.9 Å². The maximum Gasteiger partial charge on any atom is 0.311 e. The summed E-state index contributed by atoms with van der Waals surface area (Å²) in [5.74, 6) is -2.32. The van der Waals surface area contributed by atoms with E-state index in [1.54, 1.807) is 95.2 Å². The predicted molar refractivity (Wildman–Crippen MR) is 201 cm³/mol. The lowest BCUT2D eigenvalue weighted by Crippen LogP contribution is -2.69. The van der Waals surface area contributed by atoms with Crippen molar-refractivity contribution in [2.45, 2.75) is 165 Å². The molecule has 0 radical (unpaired) electrons. The minimum absolute atomic E-state index is 0.0599. The highest BCUT2D eigenvalue weighted by Gasteiger charge is 2.58. The monoisotopic (exact) mass is 763 g/mol. The summed E-state index contributed by atoms with van der Waals surface area (Å²) in [5.41, 5.74) is -3.07. The van der Waals surface area contributed by atoms with Crippen LogP contribution in [0.4, 0.5) is 0 Å². The molecular weight excluding hydrogens is 702 g/mol. The molecule has 298 valence electrons. The van der Waals surface area contributed by atoms with E-state index < -0.39 is 82.2 Å². The van der Waals surface area contributed by atoms with Crippen molar-refractivity contribution in [3.05, 3.63) is 34.9 Å². The van der Waals surface area contributed by atoms with Gasteiger partial charge in [0, 0.05) is 29.9 Å². The molecule has 0 unspecified atom stereocenters. The molecule has 1 aromatic rings. The average Bonchev–Trinajstić information content (AvgIpc) is 3.02. The van der Waals surface area contributed by atoms with Gasteiger partial charge < -0.3 is 23.7 Å². The highest BCUT2D eigenvalue weighted by Crippen LogP contribution is 2.43. The summed E-state index contributed by atoms with van der Waals surface area (Å²) < 4.78 is 31.6. The van der Waals surface area contributed by atoms with Crippen molar-refractivity contribution >= 4 is 41.3 Å². The fourth-order valence-corrected chi connectivity index (χ4v) is 6.15. The maximum absolute atomic E-state index is 13.9. The van der Waals surface area contributed by atoms with Crippen molar-refractivity contribution in [2.75, 3.05) is 6.61 Å². The molecule has 2 saturated heterocycles. The first-order valence-corrected chi connectivity index (χ1v) is 19.1. The van der Waals surface area contributed by atoms with Crippen molar-refractivity contribution in [2.24, 2.45) is 21.7 Å². The quantitative estimate of drug-likeness (QED) is 0.171. The van der Waals surface area contributed by atoms with E-state index in [1.165, 1.54) is 0 Å². The van der Waals surface area contributed by atoms with E-state index in [2.05, 4.69) is 6.92 Å². The largest absolute Gasteiger partial charge is 0.462 e. The smallest absolute Gasteiger partial charge is 0.311 e. The molecule has 53 heavy (non-hydrogen) atoms. The van der Waals surface area contributed by atoms with Crippen LogP contribution in [0.25, 0.3) is 0 Å². The lowest BCUT2D eigenvalue weighted by atomic mass is 9.85. The van der Waals surface area contributed by atoms with Gasteiger partial charge in [0.15, 0.2) is 24.5 Å². The predicted octanol–water partition coefficient (Wildman–Crippen LogP) is 7.79. The molecule has 0 aromatic heterocycles. The fourth-order valence-electron chi connectivity index (χ4n) is 6.02. The van der Waals surface area contributed by atoms with Crippen LogP contribution in [-0.2, 0) is 47.7 Å². The summed E-state index contributed by atoms with van der Waals surface area (Å²) in [4.78, 5) is 70.1. The first-order valence-electron chi connectivity index (χ1n) is 18.8. The van der Waals surface area contributed by atoms with Crippen molar-refractivity contribution in [3.8, 4) is 0 Å². The van der Waals surface area contributed by atoms with Crippen molar-refractivity contribution in [1.29, 1.82) is 0 Å². The SMILES string of the molecule is CCCC[C@@H]1CC(=O)C[C@@H](c2ccc(Cl)cc2)N1[C@@H]1O[C@@H](COC(=O)C(C)(C)C)[C@H](OC(=O)C(C)(C)C)[C@H](OC(=O)C(C)(C)C)[C@@H]1OC(=O)C(C)(C)C. The number of hydrogen-bond donors (Lipinski definition) is 0. The van der Waals surface area contributed by atoms with Crippen LogP contribution in [0.5, 0.6) is 0 Å². The molecule has 0 N–H and O–H groups in total. The van der Waals surface area contributed by atoms with Gasteiger partial charge in [-0.05, 0) is 107 Å². The van der Waals surface area contributed by atoms with Gasteiger partial charge in [0.05, 0.1) is 21.7 Å². The Kier molecular flexibility index (Phi) is 14.4. The maximum atomic E-state index is 13.9. The van der Waals surface area contributed by atoms with Gasteiger partial charge in [0.25, 0.3) is 0 Å². The van der Waals surface area contributed by atoms with E-state index in [-0.39, 0.29) is 31.3 Å². The first-order chi connectivity index (χ1) is 24.2. The van der Waals surface area contributed by atoms with Crippen LogP contribution in [0.2, 0.25) is 5.02 Å². The van der Waals surface area contributed by atoms with E-state index in [0.29, 0.717) is 11.4 Å². The molecule has 2 aliphatic rings. The number of Topliss-reactive ketones (excluding diaryl/α,β-unsaturated/α-hetero) is 1. The van der Waals surface area contributed by atoms with E-state index in [1.807, 2.05) is 17.0 Å². The second kappa shape index (κ2) is 17.2. The van der Waals surface area contributed by atoms with E-state index >= 15 is 0 Å². The molecule has 0 amide bonds. The van der Waals surface area contributed by atoms with Crippen LogP contribution in [0.3, 0.4) is 0 Å². The van der Waals surface area contributed by atoms with Crippen LogP contribution in [0.15, 0.2) is 24.3 Å². The molecule has 0 spiro atoms. The zero-order valence-corrected chi connectivity index (χ0v) is 34.8. The lowest BCUT2D eigenvalue weighted by Gasteiger charge is -2.53. The van der Waals surface area contributed by atoms with Crippen LogP contribution in [0, 0.1) is 21.7 Å². The Labute approximate surface area is 321 Å².